The van der Waals surface area contributed by atoms with Crippen LogP contribution >= 0.6 is 0 Å². The Labute approximate surface area is 170 Å². The lowest BCUT2D eigenvalue weighted by molar-refractivity contribution is 0.355. The van der Waals surface area contributed by atoms with Crippen LogP contribution in [-0.4, -0.2) is 39.4 Å². The van der Waals surface area contributed by atoms with E-state index in [1.165, 1.54) is 6.07 Å². The number of methoxy groups -OCH3 is 2. The first-order valence-electron chi connectivity index (χ1n) is 9.80. The van der Waals surface area contributed by atoms with Crippen LogP contribution in [0.3, 0.4) is 0 Å². The average Bonchev–Trinajstić information content (AvgIpc) is 2.72. The maximum absolute atomic E-state index is 12.9. The number of nitrogens with one attached hydrogen (secondary N) is 1. The molecule has 2 heterocycles. The highest BCUT2D eigenvalue weighted by atomic mass is 16.5. The van der Waals surface area contributed by atoms with Gasteiger partial charge in [0, 0.05) is 42.5 Å². The molecule has 6 heteroatoms. The van der Waals surface area contributed by atoms with Crippen molar-refractivity contribution in [3.8, 4) is 22.8 Å². The van der Waals surface area contributed by atoms with Gasteiger partial charge >= 0.3 is 0 Å². The van der Waals surface area contributed by atoms with Crippen molar-refractivity contribution in [2.75, 3.05) is 32.2 Å². The van der Waals surface area contributed by atoms with Crippen LogP contribution in [0, 0.1) is 0 Å². The fourth-order valence-electron chi connectivity index (χ4n) is 4.01. The van der Waals surface area contributed by atoms with E-state index in [4.69, 9.17) is 13.9 Å². The summed E-state index contributed by atoms with van der Waals surface area (Å²) in [4.78, 5) is 15.2. The molecule has 0 radical (unpaired) electrons. The Morgan fingerprint density at radius 1 is 0.966 bits per heavy atom. The van der Waals surface area contributed by atoms with E-state index >= 15 is 0 Å². The molecule has 1 aliphatic rings. The summed E-state index contributed by atoms with van der Waals surface area (Å²) in [5.41, 5.74) is 2.32. The van der Waals surface area contributed by atoms with Crippen molar-refractivity contribution < 1.29 is 13.9 Å². The first kappa shape index (κ1) is 19.3. The summed E-state index contributed by atoms with van der Waals surface area (Å²) in [5.74, 6) is 1.72. The van der Waals surface area contributed by atoms with Crippen LogP contribution < -0.4 is 25.1 Å². The van der Waals surface area contributed by atoms with E-state index in [0.29, 0.717) is 40.3 Å². The van der Waals surface area contributed by atoms with Crippen LogP contribution in [-0.2, 0) is 0 Å². The second-order valence-electron chi connectivity index (χ2n) is 7.60. The van der Waals surface area contributed by atoms with Crippen molar-refractivity contribution in [2.24, 2.45) is 0 Å². The summed E-state index contributed by atoms with van der Waals surface area (Å²) in [6, 6.07) is 13.6. The highest BCUT2D eigenvalue weighted by Crippen LogP contribution is 2.33. The average molecular weight is 394 g/mol. The third-order valence-electron chi connectivity index (χ3n) is 5.30. The predicted octanol–water partition coefficient (Wildman–Crippen LogP) is 3.66. The topological polar surface area (TPSA) is 63.9 Å². The van der Waals surface area contributed by atoms with Gasteiger partial charge in [0.2, 0.25) is 0 Å². The first-order valence-corrected chi connectivity index (χ1v) is 9.80. The summed E-state index contributed by atoms with van der Waals surface area (Å²) in [7, 11) is 3.17. The normalized spacial score (nSPS) is 19.4. The number of hydrogen-bond acceptors (Lipinski definition) is 6. The quantitative estimate of drug-likeness (QED) is 0.729. The second-order valence-corrected chi connectivity index (χ2v) is 7.60. The van der Waals surface area contributed by atoms with Crippen molar-refractivity contribution in [1.29, 1.82) is 0 Å². The second kappa shape index (κ2) is 7.79. The van der Waals surface area contributed by atoms with Crippen LogP contribution in [0.1, 0.15) is 13.8 Å². The van der Waals surface area contributed by atoms with E-state index < -0.39 is 0 Å². The molecule has 29 heavy (non-hydrogen) atoms. The van der Waals surface area contributed by atoms with Gasteiger partial charge in [0.05, 0.1) is 19.6 Å². The van der Waals surface area contributed by atoms with Crippen LogP contribution in [0.5, 0.6) is 11.5 Å². The Morgan fingerprint density at radius 3 is 2.38 bits per heavy atom. The van der Waals surface area contributed by atoms with E-state index in [0.717, 1.165) is 24.3 Å². The van der Waals surface area contributed by atoms with Gasteiger partial charge in [0.1, 0.15) is 11.3 Å². The lowest BCUT2D eigenvalue weighted by atomic mass is 10.1. The molecule has 1 saturated heterocycles. The Morgan fingerprint density at radius 2 is 1.69 bits per heavy atom. The van der Waals surface area contributed by atoms with E-state index in [9.17, 15) is 4.79 Å². The zero-order chi connectivity index (χ0) is 20.5. The Bertz CT molecular complexity index is 1080. The van der Waals surface area contributed by atoms with Gasteiger partial charge in [-0.2, -0.15) is 0 Å². The SMILES string of the molecule is COc1ccc(-c2cc(=O)c3cc(N4CC(C)NC(C)C4)ccc3o2)cc1OC. The van der Waals surface area contributed by atoms with Gasteiger partial charge in [-0.3, -0.25) is 4.79 Å². The maximum atomic E-state index is 12.9. The number of anilines is 1. The van der Waals surface area contributed by atoms with Gasteiger partial charge in [0.25, 0.3) is 0 Å². The number of rotatable bonds is 4. The Kier molecular flexibility index (Phi) is 5.20. The molecule has 1 N–H and O–H groups in total. The molecule has 1 aromatic heterocycles. The minimum atomic E-state index is -0.0610. The minimum absolute atomic E-state index is 0.0610. The standard InChI is InChI=1S/C23H26N2O4/c1-14-12-25(13-15(2)24-14)17-6-8-20-18(10-17)19(26)11-22(29-20)16-5-7-21(27-3)23(9-16)28-4/h5-11,14-15,24H,12-13H2,1-4H3. The van der Waals surface area contributed by atoms with Gasteiger partial charge in [-0.05, 0) is 50.2 Å². The third kappa shape index (κ3) is 3.80. The largest absolute Gasteiger partial charge is 0.493 e. The molecule has 0 saturated carbocycles. The summed E-state index contributed by atoms with van der Waals surface area (Å²) >= 11 is 0. The van der Waals surface area contributed by atoms with Crippen LogP contribution in [0.2, 0.25) is 0 Å². The van der Waals surface area contributed by atoms with Crippen LogP contribution in [0.15, 0.2) is 51.7 Å². The maximum Gasteiger partial charge on any atom is 0.193 e. The fourth-order valence-corrected chi connectivity index (χ4v) is 4.01. The molecule has 2 unspecified atom stereocenters. The zero-order valence-corrected chi connectivity index (χ0v) is 17.2. The summed E-state index contributed by atoms with van der Waals surface area (Å²) in [6.45, 7) is 6.16. The molecule has 2 aromatic carbocycles. The number of benzene rings is 2. The molecule has 4 rings (SSSR count). The smallest absolute Gasteiger partial charge is 0.193 e. The van der Waals surface area contributed by atoms with Crippen molar-refractivity contribution in [3.63, 3.8) is 0 Å². The third-order valence-corrected chi connectivity index (χ3v) is 5.30. The predicted molar refractivity (Wildman–Crippen MR) is 115 cm³/mol. The van der Waals surface area contributed by atoms with Crippen LogP contribution in [0.25, 0.3) is 22.3 Å². The van der Waals surface area contributed by atoms with E-state index in [-0.39, 0.29) is 5.43 Å². The highest BCUT2D eigenvalue weighted by Gasteiger charge is 2.21. The molecule has 0 aliphatic carbocycles. The van der Waals surface area contributed by atoms with Gasteiger partial charge in [0.15, 0.2) is 16.9 Å². The molecular weight excluding hydrogens is 368 g/mol. The van der Waals surface area contributed by atoms with Crippen molar-refractivity contribution in [3.05, 3.63) is 52.7 Å². The molecule has 0 bridgehead atoms. The monoisotopic (exact) mass is 394 g/mol. The Hall–Kier alpha value is -2.99. The molecule has 6 nitrogen and oxygen atoms in total. The molecule has 152 valence electrons. The van der Waals surface area contributed by atoms with Crippen molar-refractivity contribution in [1.82, 2.24) is 5.32 Å². The molecule has 1 fully saturated rings. The summed E-state index contributed by atoms with van der Waals surface area (Å²) in [6.07, 6.45) is 0. The minimum Gasteiger partial charge on any atom is -0.493 e. The van der Waals surface area contributed by atoms with E-state index in [2.05, 4.69) is 24.1 Å². The molecule has 1 aliphatic heterocycles. The molecule has 0 spiro atoms. The lowest BCUT2D eigenvalue weighted by Gasteiger charge is -2.37. The number of fused-ring (bicyclic) bond motifs is 1. The van der Waals surface area contributed by atoms with Gasteiger partial charge in [-0.25, -0.2) is 0 Å². The fraction of sp³-hybridized carbons (Fsp3) is 0.348. The summed E-state index contributed by atoms with van der Waals surface area (Å²) < 4.78 is 16.7. The molecule has 0 amide bonds. The number of ether oxygens (including phenoxy) is 2. The zero-order valence-electron chi connectivity index (χ0n) is 17.2. The van der Waals surface area contributed by atoms with E-state index in [1.54, 1.807) is 26.4 Å². The molecule has 3 aromatic rings. The van der Waals surface area contributed by atoms with Gasteiger partial charge in [-0.1, -0.05) is 0 Å². The van der Waals surface area contributed by atoms with Gasteiger partial charge < -0.3 is 24.1 Å². The first-order chi connectivity index (χ1) is 14.0. The molecule has 2 atom stereocenters. The van der Waals surface area contributed by atoms with Crippen LogP contribution in [0.4, 0.5) is 5.69 Å². The number of nitrogens with zero attached hydrogens (tertiary/aromatic N) is 1. The van der Waals surface area contributed by atoms with Gasteiger partial charge in [-0.15, -0.1) is 0 Å². The number of hydrogen-bond donors (Lipinski definition) is 1. The molecular formula is C23H26N2O4. The Balaban J connectivity index is 1.72. The lowest BCUT2D eigenvalue weighted by Crippen LogP contribution is -2.54. The van der Waals surface area contributed by atoms with E-state index in [1.807, 2.05) is 24.3 Å². The highest BCUT2D eigenvalue weighted by molar-refractivity contribution is 5.82. The summed E-state index contributed by atoms with van der Waals surface area (Å²) in [5, 5.41) is 4.12. The van der Waals surface area contributed by atoms with Crippen molar-refractivity contribution in [2.45, 2.75) is 25.9 Å². The number of piperazine rings is 1. The van der Waals surface area contributed by atoms with Crippen molar-refractivity contribution >= 4 is 16.7 Å².